The second-order valence-electron chi connectivity index (χ2n) is 9.12. The van der Waals surface area contributed by atoms with Gasteiger partial charge in [-0.3, -0.25) is 4.79 Å². The molecule has 0 bridgehead atoms. The molecule has 0 radical (unpaired) electrons. The number of carbonyl (C=O) groups is 1. The van der Waals surface area contributed by atoms with Crippen LogP contribution in [0.25, 0.3) is 0 Å². The van der Waals surface area contributed by atoms with Crippen LogP contribution in [0, 0.1) is 5.92 Å². The molecule has 2 saturated heterocycles. The Bertz CT molecular complexity index is 857. The molecule has 0 unspecified atom stereocenters. The van der Waals surface area contributed by atoms with E-state index in [0.29, 0.717) is 6.54 Å². The Hall–Kier alpha value is -2.83. The number of unbranched alkanes of at least 4 members (excludes halogenated alkanes) is 1. The number of rotatable bonds is 9. The molecule has 178 valence electrons. The highest BCUT2D eigenvalue weighted by molar-refractivity contribution is 5.79. The number of hydrogen-bond acceptors (Lipinski definition) is 6. The van der Waals surface area contributed by atoms with Gasteiger partial charge in [-0.1, -0.05) is 25.5 Å². The Morgan fingerprint density at radius 2 is 1.58 bits per heavy atom. The van der Waals surface area contributed by atoms with Crippen molar-refractivity contribution in [3.8, 4) is 5.75 Å². The van der Waals surface area contributed by atoms with Crippen LogP contribution in [0.2, 0.25) is 0 Å². The van der Waals surface area contributed by atoms with Gasteiger partial charge in [0.05, 0.1) is 6.61 Å². The summed E-state index contributed by atoms with van der Waals surface area (Å²) < 4.78 is 5.70. The molecule has 0 aliphatic carbocycles. The zero-order chi connectivity index (χ0) is 22.9. The van der Waals surface area contributed by atoms with Crippen LogP contribution >= 0.6 is 0 Å². The van der Waals surface area contributed by atoms with Gasteiger partial charge in [0.25, 0.3) is 0 Å². The second kappa shape index (κ2) is 11.9. The number of carbonyl (C=O) groups excluding carboxylic acids is 1. The predicted octanol–water partition coefficient (Wildman–Crippen LogP) is 4.18. The topological polar surface area (TPSA) is 70.6 Å². The number of benzene rings is 1. The van der Waals surface area contributed by atoms with Crippen LogP contribution in [0.4, 0.5) is 11.6 Å². The predicted molar refractivity (Wildman–Crippen MR) is 132 cm³/mol. The number of amides is 1. The monoisotopic (exact) mass is 451 g/mol. The second-order valence-corrected chi connectivity index (χ2v) is 9.12. The lowest BCUT2D eigenvalue weighted by Crippen LogP contribution is -2.40. The zero-order valence-corrected chi connectivity index (χ0v) is 19.8. The fraction of sp³-hybridized carbons (Fsp3) is 0.577. The average Bonchev–Trinajstić information content (AvgIpc) is 2.89. The van der Waals surface area contributed by atoms with Crippen molar-refractivity contribution in [3.05, 3.63) is 42.0 Å². The minimum atomic E-state index is 0.0542. The van der Waals surface area contributed by atoms with E-state index in [-0.39, 0.29) is 11.8 Å². The van der Waals surface area contributed by atoms with Gasteiger partial charge in [0.2, 0.25) is 5.91 Å². The van der Waals surface area contributed by atoms with Crippen molar-refractivity contribution in [2.24, 2.45) is 5.92 Å². The van der Waals surface area contributed by atoms with E-state index in [1.54, 1.807) is 0 Å². The summed E-state index contributed by atoms with van der Waals surface area (Å²) in [7, 11) is 0. The molecule has 3 heterocycles. The lowest BCUT2D eigenvalue weighted by molar-refractivity contribution is -0.125. The molecular weight excluding hydrogens is 414 g/mol. The standard InChI is InChI=1S/C26H37N5O2/c1-2-3-19-33-23-9-7-21(8-10-23)20-27-26(32)22-13-17-31(18-14-22)25-12-11-24(28-29-25)30-15-5-4-6-16-30/h7-12,22H,2-6,13-20H2,1H3,(H,27,32). The van der Waals surface area contributed by atoms with Gasteiger partial charge in [-0.25, -0.2) is 0 Å². The summed E-state index contributed by atoms with van der Waals surface area (Å²) in [5.74, 6) is 2.98. The van der Waals surface area contributed by atoms with Crippen molar-refractivity contribution in [3.63, 3.8) is 0 Å². The maximum Gasteiger partial charge on any atom is 0.223 e. The van der Waals surface area contributed by atoms with Crippen LogP contribution in [-0.2, 0) is 11.3 Å². The van der Waals surface area contributed by atoms with Crippen molar-refractivity contribution in [1.29, 1.82) is 0 Å². The van der Waals surface area contributed by atoms with Gasteiger partial charge in [-0.05, 0) is 68.4 Å². The van der Waals surface area contributed by atoms with Crippen molar-refractivity contribution >= 4 is 17.5 Å². The smallest absolute Gasteiger partial charge is 0.223 e. The lowest BCUT2D eigenvalue weighted by atomic mass is 9.96. The van der Waals surface area contributed by atoms with Gasteiger partial charge < -0.3 is 19.9 Å². The summed E-state index contributed by atoms with van der Waals surface area (Å²) in [6, 6.07) is 12.2. The third-order valence-corrected chi connectivity index (χ3v) is 6.66. The van der Waals surface area contributed by atoms with Crippen molar-refractivity contribution in [2.45, 2.75) is 58.4 Å². The molecule has 2 fully saturated rings. The van der Waals surface area contributed by atoms with Gasteiger partial charge in [0.1, 0.15) is 5.75 Å². The Balaban J connectivity index is 1.19. The third-order valence-electron chi connectivity index (χ3n) is 6.66. The first kappa shape index (κ1) is 23.3. The number of piperidine rings is 2. The minimum absolute atomic E-state index is 0.0542. The summed E-state index contributed by atoms with van der Waals surface area (Å²) in [6.07, 6.45) is 7.65. The van der Waals surface area contributed by atoms with Crippen LogP contribution in [0.1, 0.15) is 57.4 Å². The maximum absolute atomic E-state index is 12.7. The zero-order valence-electron chi connectivity index (χ0n) is 19.8. The van der Waals surface area contributed by atoms with Crippen LogP contribution in [0.3, 0.4) is 0 Å². The van der Waals surface area contributed by atoms with Crippen LogP contribution < -0.4 is 19.9 Å². The quantitative estimate of drug-likeness (QED) is 0.577. The summed E-state index contributed by atoms with van der Waals surface area (Å²) in [5, 5.41) is 12.1. The van der Waals surface area contributed by atoms with E-state index in [1.165, 1.54) is 19.3 Å². The highest BCUT2D eigenvalue weighted by Gasteiger charge is 2.26. The Kier molecular flexibility index (Phi) is 8.39. The number of hydrogen-bond donors (Lipinski definition) is 1. The third kappa shape index (κ3) is 6.59. The fourth-order valence-corrected chi connectivity index (χ4v) is 4.52. The number of aromatic nitrogens is 2. The summed E-state index contributed by atoms with van der Waals surface area (Å²) in [6.45, 7) is 7.27. The van der Waals surface area contributed by atoms with Crippen LogP contribution in [0.15, 0.2) is 36.4 Å². The molecule has 2 aliphatic rings. The maximum atomic E-state index is 12.7. The lowest BCUT2D eigenvalue weighted by Gasteiger charge is -2.32. The van der Waals surface area contributed by atoms with Gasteiger partial charge >= 0.3 is 0 Å². The van der Waals surface area contributed by atoms with Gasteiger partial charge in [0.15, 0.2) is 11.6 Å². The molecule has 4 rings (SSSR count). The van der Waals surface area contributed by atoms with E-state index in [0.717, 1.165) is 81.4 Å². The summed E-state index contributed by atoms with van der Waals surface area (Å²) >= 11 is 0. The molecule has 2 aromatic rings. The molecular formula is C26H37N5O2. The normalized spacial score (nSPS) is 17.1. The highest BCUT2D eigenvalue weighted by atomic mass is 16.5. The summed E-state index contributed by atoms with van der Waals surface area (Å²) in [5.41, 5.74) is 1.09. The molecule has 0 atom stereocenters. The average molecular weight is 452 g/mol. The first-order valence-electron chi connectivity index (χ1n) is 12.6. The van der Waals surface area contributed by atoms with E-state index in [4.69, 9.17) is 4.74 Å². The molecule has 7 nitrogen and oxygen atoms in total. The number of nitrogens with one attached hydrogen (secondary N) is 1. The van der Waals surface area contributed by atoms with Gasteiger partial charge in [-0.15, -0.1) is 10.2 Å². The molecule has 1 N–H and O–H groups in total. The molecule has 0 spiro atoms. The first-order valence-corrected chi connectivity index (χ1v) is 12.6. The van der Waals surface area contributed by atoms with Crippen molar-refractivity contribution < 1.29 is 9.53 Å². The SMILES string of the molecule is CCCCOc1ccc(CNC(=O)C2CCN(c3ccc(N4CCCCC4)nn3)CC2)cc1. The number of ether oxygens (including phenoxy) is 1. The van der Waals surface area contributed by atoms with Crippen molar-refractivity contribution in [2.75, 3.05) is 42.6 Å². The fourth-order valence-electron chi connectivity index (χ4n) is 4.52. The van der Waals surface area contributed by atoms with E-state index in [1.807, 2.05) is 24.3 Å². The first-order chi connectivity index (χ1) is 16.2. The highest BCUT2D eigenvalue weighted by Crippen LogP contribution is 2.24. The van der Waals surface area contributed by atoms with Gasteiger partial charge in [0, 0.05) is 38.6 Å². The van der Waals surface area contributed by atoms with Crippen LogP contribution in [0.5, 0.6) is 5.75 Å². The van der Waals surface area contributed by atoms with E-state index in [9.17, 15) is 4.79 Å². The molecule has 0 saturated carbocycles. The molecule has 1 aromatic carbocycles. The molecule has 7 heteroatoms. The minimum Gasteiger partial charge on any atom is -0.494 e. The molecule has 1 amide bonds. The number of nitrogens with zero attached hydrogens (tertiary/aromatic N) is 4. The molecule has 2 aliphatic heterocycles. The van der Waals surface area contributed by atoms with Crippen molar-refractivity contribution in [1.82, 2.24) is 15.5 Å². The van der Waals surface area contributed by atoms with E-state index < -0.39 is 0 Å². The molecule has 1 aromatic heterocycles. The Morgan fingerprint density at radius 3 is 2.18 bits per heavy atom. The largest absolute Gasteiger partial charge is 0.494 e. The molecule has 33 heavy (non-hydrogen) atoms. The van der Waals surface area contributed by atoms with E-state index >= 15 is 0 Å². The van der Waals surface area contributed by atoms with Gasteiger partial charge in [-0.2, -0.15) is 0 Å². The summed E-state index contributed by atoms with van der Waals surface area (Å²) in [4.78, 5) is 17.3. The van der Waals surface area contributed by atoms with E-state index in [2.05, 4.69) is 44.4 Å². The van der Waals surface area contributed by atoms with Crippen LogP contribution in [-0.4, -0.2) is 48.9 Å². The Labute approximate surface area is 197 Å². The Morgan fingerprint density at radius 1 is 0.939 bits per heavy atom. The number of anilines is 2.